The van der Waals surface area contributed by atoms with Crippen LogP contribution in [0, 0.1) is 13.8 Å². The van der Waals surface area contributed by atoms with Crippen LogP contribution in [0.1, 0.15) is 29.7 Å². The zero-order valence-corrected chi connectivity index (χ0v) is 12.9. The number of esters is 1. The van der Waals surface area contributed by atoms with Crippen LogP contribution in [0.25, 0.3) is 0 Å². The van der Waals surface area contributed by atoms with Gasteiger partial charge in [-0.15, -0.1) is 0 Å². The molecular formula is C18H19NO3. The van der Waals surface area contributed by atoms with Crippen molar-refractivity contribution in [1.82, 2.24) is 0 Å². The van der Waals surface area contributed by atoms with Crippen LogP contribution in [-0.2, 0) is 14.3 Å². The molecule has 0 radical (unpaired) electrons. The molecule has 22 heavy (non-hydrogen) atoms. The van der Waals surface area contributed by atoms with E-state index in [1.54, 1.807) is 24.3 Å². The summed E-state index contributed by atoms with van der Waals surface area (Å²) in [5.41, 5.74) is 3.36. The van der Waals surface area contributed by atoms with E-state index in [0.29, 0.717) is 5.56 Å². The fraction of sp³-hybridized carbons (Fsp3) is 0.222. The van der Waals surface area contributed by atoms with Crippen molar-refractivity contribution >= 4 is 17.6 Å². The smallest absolute Gasteiger partial charge is 0.303 e. The lowest BCUT2D eigenvalue weighted by molar-refractivity contribution is -0.152. The minimum Gasteiger partial charge on any atom is -0.447 e. The molecule has 2 aromatic carbocycles. The third kappa shape index (κ3) is 3.95. The molecule has 0 saturated heterocycles. The lowest BCUT2D eigenvalue weighted by Crippen LogP contribution is -2.25. The molecule has 1 amide bonds. The summed E-state index contributed by atoms with van der Waals surface area (Å²) in [6.45, 7) is 5.16. The number of aryl methyl sites for hydroxylation is 2. The molecule has 2 rings (SSSR count). The molecule has 0 fully saturated rings. The Morgan fingerprint density at radius 2 is 1.73 bits per heavy atom. The maximum Gasteiger partial charge on any atom is 0.303 e. The van der Waals surface area contributed by atoms with Gasteiger partial charge in [-0.25, -0.2) is 0 Å². The highest BCUT2D eigenvalue weighted by molar-refractivity contribution is 5.96. The van der Waals surface area contributed by atoms with Crippen LogP contribution < -0.4 is 5.32 Å². The number of benzene rings is 2. The van der Waals surface area contributed by atoms with Crippen molar-refractivity contribution in [1.29, 1.82) is 0 Å². The summed E-state index contributed by atoms with van der Waals surface area (Å²) in [4.78, 5) is 23.8. The number of hydrogen-bond donors (Lipinski definition) is 1. The Morgan fingerprint density at radius 3 is 2.36 bits per heavy atom. The van der Waals surface area contributed by atoms with E-state index in [1.807, 2.05) is 38.1 Å². The highest BCUT2D eigenvalue weighted by Gasteiger charge is 2.24. The summed E-state index contributed by atoms with van der Waals surface area (Å²) in [7, 11) is 0. The van der Waals surface area contributed by atoms with Gasteiger partial charge in [0.05, 0.1) is 0 Å². The largest absolute Gasteiger partial charge is 0.447 e. The van der Waals surface area contributed by atoms with E-state index in [4.69, 9.17) is 4.74 Å². The zero-order chi connectivity index (χ0) is 16.1. The third-order valence-electron chi connectivity index (χ3n) is 3.28. The molecule has 1 atom stereocenters. The van der Waals surface area contributed by atoms with E-state index in [2.05, 4.69) is 5.32 Å². The number of anilines is 1. The second-order valence-corrected chi connectivity index (χ2v) is 5.21. The Hall–Kier alpha value is -2.62. The van der Waals surface area contributed by atoms with Crippen molar-refractivity contribution in [3.8, 4) is 0 Å². The van der Waals surface area contributed by atoms with Gasteiger partial charge >= 0.3 is 5.97 Å². The number of carbonyl (C=O) groups is 2. The van der Waals surface area contributed by atoms with E-state index in [-0.39, 0.29) is 5.91 Å². The van der Waals surface area contributed by atoms with Gasteiger partial charge in [0.25, 0.3) is 5.91 Å². The summed E-state index contributed by atoms with van der Waals surface area (Å²) in [5.74, 6) is -0.861. The summed E-state index contributed by atoms with van der Waals surface area (Å²) in [6, 6.07) is 14.8. The number of hydrogen-bond acceptors (Lipinski definition) is 3. The van der Waals surface area contributed by atoms with Crippen molar-refractivity contribution in [2.24, 2.45) is 0 Å². The maximum atomic E-state index is 12.5. The van der Waals surface area contributed by atoms with Gasteiger partial charge in [-0.3, -0.25) is 9.59 Å². The first-order chi connectivity index (χ1) is 10.5. The number of ether oxygens (including phenoxy) is 1. The Bertz CT molecular complexity index is 680. The number of rotatable bonds is 4. The molecule has 4 heteroatoms. The molecule has 0 spiro atoms. The van der Waals surface area contributed by atoms with Gasteiger partial charge in [-0.2, -0.15) is 0 Å². The Kier molecular flexibility index (Phi) is 4.94. The predicted molar refractivity (Wildman–Crippen MR) is 85.5 cm³/mol. The van der Waals surface area contributed by atoms with Gasteiger partial charge < -0.3 is 10.1 Å². The minimum atomic E-state index is -0.960. The number of nitrogens with one attached hydrogen (secondary N) is 1. The fourth-order valence-electron chi connectivity index (χ4n) is 2.14. The first-order valence-electron chi connectivity index (χ1n) is 7.07. The predicted octanol–water partition coefficient (Wildman–Crippen LogP) is 3.55. The van der Waals surface area contributed by atoms with E-state index < -0.39 is 12.1 Å². The maximum absolute atomic E-state index is 12.5. The zero-order valence-electron chi connectivity index (χ0n) is 12.9. The van der Waals surface area contributed by atoms with Gasteiger partial charge in [-0.05, 0) is 31.0 Å². The molecule has 2 aromatic rings. The molecular weight excluding hydrogens is 278 g/mol. The van der Waals surface area contributed by atoms with Gasteiger partial charge in [0.1, 0.15) is 0 Å². The molecule has 0 aliphatic heterocycles. The number of amides is 1. The van der Waals surface area contributed by atoms with Gasteiger partial charge in [0, 0.05) is 18.2 Å². The average molecular weight is 297 g/mol. The van der Waals surface area contributed by atoms with Crippen molar-refractivity contribution in [3.05, 3.63) is 65.2 Å². The monoisotopic (exact) mass is 297 g/mol. The van der Waals surface area contributed by atoms with Crippen LogP contribution >= 0.6 is 0 Å². The van der Waals surface area contributed by atoms with E-state index in [1.165, 1.54) is 6.92 Å². The third-order valence-corrected chi connectivity index (χ3v) is 3.28. The normalized spacial score (nSPS) is 11.6. The van der Waals surface area contributed by atoms with Crippen LogP contribution in [0.2, 0.25) is 0 Å². The molecule has 0 unspecified atom stereocenters. The van der Waals surface area contributed by atoms with Crippen LogP contribution in [0.3, 0.4) is 0 Å². The lowest BCUT2D eigenvalue weighted by Gasteiger charge is -2.18. The fourth-order valence-corrected chi connectivity index (χ4v) is 2.14. The molecule has 0 aliphatic rings. The Morgan fingerprint density at radius 1 is 1.05 bits per heavy atom. The second kappa shape index (κ2) is 6.89. The van der Waals surface area contributed by atoms with E-state index in [0.717, 1.165) is 16.8 Å². The first-order valence-corrected chi connectivity index (χ1v) is 7.07. The van der Waals surface area contributed by atoms with Crippen LogP contribution in [0.15, 0.2) is 48.5 Å². The Balaban J connectivity index is 2.26. The van der Waals surface area contributed by atoms with Gasteiger partial charge in [0.15, 0.2) is 0 Å². The lowest BCUT2D eigenvalue weighted by atomic mass is 10.1. The minimum absolute atomic E-state index is 0.366. The summed E-state index contributed by atoms with van der Waals surface area (Å²) in [5, 5.41) is 2.84. The summed E-state index contributed by atoms with van der Waals surface area (Å²) in [6.07, 6.45) is -0.960. The highest BCUT2D eigenvalue weighted by Crippen LogP contribution is 2.22. The van der Waals surface area contributed by atoms with Crippen LogP contribution in [0.4, 0.5) is 5.69 Å². The Labute approximate surface area is 130 Å². The molecule has 0 aliphatic carbocycles. The van der Waals surface area contributed by atoms with E-state index >= 15 is 0 Å². The molecule has 0 saturated carbocycles. The standard InChI is InChI=1S/C18H19NO3/c1-12-9-10-13(2)16(11-12)19-18(21)17(22-14(3)20)15-7-5-4-6-8-15/h4-11,17H,1-3H3,(H,19,21)/t17-/m1/s1. The molecule has 4 nitrogen and oxygen atoms in total. The molecule has 0 heterocycles. The average Bonchev–Trinajstić information content (AvgIpc) is 2.49. The summed E-state index contributed by atoms with van der Waals surface area (Å²) < 4.78 is 5.19. The molecule has 0 bridgehead atoms. The first kappa shape index (κ1) is 15.8. The van der Waals surface area contributed by atoms with Crippen LogP contribution in [0.5, 0.6) is 0 Å². The highest BCUT2D eigenvalue weighted by atomic mass is 16.5. The van der Waals surface area contributed by atoms with E-state index in [9.17, 15) is 9.59 Å². The van der Waals surface area contributed by atoms with Crippen molar-refractivity contribution < 1.29 is 14.3 Å². The van der Waals surface area contributed by atoms with Gasteiger partial charge in [-0.1, -0.05) is 42.5 Å². The molecule has 0 aromatic heterocycles. The SMILES string of the molecule is CC(=O)O[C@@H](C(=O)Nc1cc(C)ccc1C)c1ccccc1. The molecule has 1 N–H and O–H groups in total. The van der Waals surface area contributed by atoms with Crippen molar-refractivity contribution in [2.75, 3.05) is 5.32 Å². The summed E-state index contributed by atoms with van der Waals surface area (Å²) >= 11 is 0. The van der Waals surface area contributed by atoms with Gasteiger partial charge in [0.2, 0.25) is 6.10 Å². The second-order valence-electron chi connectivity index (χ2n) is 5.21. The number of carbonyl (C=O) groups excluding carboxylic acids is 2. The topological polar surface area (TPSA) is 55.4 Å². The molecule has 114 valence electrons. The van der Waals surface area contributed by atoms with Crippen molar-refractivity contribution in [2.45, 2.75) is 26.9 Å². The quantitative estimate of drug-likeness (QED) is 0.878. The van der Waals surface area contributed by atoms with Crippen molar-refractivity contribution in [3.63, 3.8) is 0 Å². The van der Waals surface area contributed by atoms with Crippen LogP contribution in [-0.4, -0.2) is 11.9 Å².